The Morgan fingerprint density at radius 3 is 2.11 bits per heavy atom. The summed E-state index contributed by atoms with van der Waals surface area (Å²) in [5.74, 6) is 2.38. The number of ether oxygens (including phenoxy) is 1. The zero-order valence-electron chi connectivity index (χ0n) is 11.0. The van der Waals surface area contributed by atoms with E-state index < -0.39 is 0 Å². The van der Waals surface area contributed by atoms with Crippen LogP contribution in [-0.4, -0.2) is 0 Å². The molecule has 1 unspecified atom stereocenters. The monoisotopic (exact) mass is 253 g/mol. The van der Waals surface area contributed by atoms with Gasteiger partial charge in [0.25, 0.3) is 0 Å². The van der Waals surface area contributed by atoms with E-state index in [0.29, 0.717) is 5.92 Å². The van der Waals surface area contributed by atoms with Gasteiger partial charge in [-0.15, -0.1) is 0 Å². The molecule has 1 atom stereocenters. The minimum absolute atomic E-state index is 0.180. The highest BCUT2D eigenvalue weighted by molar-refractivity contribution is 5.34. The molecule has 2 aromatic carbocycles. The molecule has 0 saturated heterocycles. The Balaban J connectivity index is 1.68. The molecule has 2 nitrogen and oxygen atoms in total. The van der Waals surface area contributed by atoms with Crippen molar-refractivity contribution in [2.24, 2.45) is 11.7 Å². The third-order valence-corrected chi connectivity index (χ3v) is 3.90. The minimum atomic E-state index is 0.180. The van der Waals surface area contributed by atoms with E-state index in [1.807, 2.05) is 42.5 Å². The Hall–Kier alpha value is -1.80. The molecule has 2 N–H and O–H groups in total. The quantitative estimate of drug-likeness (QED) is 0.882. The summed E-state index contributed by atoms with van der Waals surface area (Å²) >= 11 is 0. The Labute approximate surface area is 114 Å². The molecule has 0 heterocycles. The van der Waals surface area contributed by atoms with Crippen molar-refractivity contribution in [3.05, 3.63) is 60.2 Å². The van der Waals surface area contributed by atoms with E-state index >= 15 is 0 Å². The van der Waals surface area contributed by atoms with Crippen molar-refractivity contribution < 1.29 is 4.74 Å². The second-order valence-electron chi connectivity index (χ2n) is 5.20. The summed E-state index contributed by atoms with van der Waals surface area (Å²) in [6, 6.07) is 18.2. The first kappa shape index (κ1) is 12.2. The van der Waals surface area contributed by atoms with E-state index in [2.05, 4.69) is 12.1 Å². The second kappa shape index (κ2) is 5.45. The smallest absolute Gasteiger partial charge is 0.127 e. The van der Waals surface area contributed by atoms with Crippen molar-refractivity contribution in [3.8, 4) is 11.5 Å². The highest BCUT2D eigenvalue weighted by Crippen LogP contribution is 2.36. The Morgan fingerprint density at radius 1 is 0.895 bits per heavy atom. The summed E-state index contributed by atoms with van der Waals surface area (Å²) in [6.07, 6.45) is 3.86. The van der Waals surface area contributed by atoms with Gasteiger partial charge in [0.05, 0.1) is 0 Å². The number of hydrogen-bond donors (Lipinski definition) is 1. The van der Waals surface area contributed by atoms with Gasteiger partial charge in [-0.25, -0.2) is 0 Å². The van der Waals surface area contributed by atoms with Gasteiger partial charge in [0, 0.05) is 6.04 Å². The largest absolute Gasteiger partial charge is 0.457 e. The molecule has 0 radical (unpaired) electrons. The molecular formula is C17H19NO. The number of hydrogen-bond acceptors (Lipinski definition) is 2. The topological polar surface area (TPSA) is 35.2 Å². The van der Waals surface area contributed by atoms with Gasteiger partial charge in [0.1, 0.15) is 11.5 Å². The molecule has 0 aromatic heterocycles. The first-order valence-corrected chi connectivity index (χ1v) is 6.91. The molecule has 3 rings (SSSR count). The van der Waals surface area contributed by atoms with Crippen LogP contribution < -0.4 is 10.5 Å². The van der Waals surface area contributed by atoms with E-state index in [1.54, 1.807) is 0 Å². The van der Waals surface area contributed by atoms with Crippen LogP contribution in [0, 0.1) is 5.92 Å². The molecule has 0 aliphatic heterocycles. The van der Waals surface area contributed by atoms with Crippen LogP contribution in [0.1, 0.15) is 30.9 Å². The van der Waals surface area contributed by atoms with Crippen LogP contribution in [0.5, 0.6) is 11.5 Å². The summed E-state index contributed by atoms with van der Waals surface area (Å²) in [5, 5.41) is 0. The van der Waals surface area contributed by atoms with Gasteiger partial charge in [-0.3, -0.25) is 0 Å². The Kier molecular flexibility index (Phi) is 3.51. The van der Waals surface area contributed by atoms with Crippen LogP contribution >= 0.6 is 0 Å². The van der Waals surface area contributed by atoms with Crippen LogP contribution in [0.15, 0.2) is 54.6 Å². The fourth-order valence-corrected chi connectivity index (χ4v) is 2.45. The highest BCUT2D eigenvalue weighted by atomic mass is 16.5. The minimum Gasteiger partial charge on any atom is -0.457 e. The molecule has 2 heteroatoms. The van der Waals surface area contributed by atoms with Crippen LogP contribution in [0.4, 0.5) is 0 Å². The van der Waals surface area contributed by atoms with Crippen LogP contribution in [0.2, 0.25) is 0 Å². The van der Waals surface area contributed by atoms with Gasteiger partial charge in [-0.2, -0.15) is 0 Å². The van der Waals surface area contributed by atoms with Gasteiger partial charge >= 0.3 is 0 Å². The number of rotatable bonds is 4. The summed E-state index contributed by atoms with van der Waals surface area (Å²) in [4.78, 5) is 0. The molecule has 98 valence electrons. The molecule has 1 saturated carbocycles. The molecular weight excluding hydrogens is 234 g/mol. The maximum atomic E-state index is 6.26. The van der Waals surface area contributed by atoms with E-state index in [1.165, 1.54) is 24.8 Å². The van der Waals surface area contributed by atoms with Crippen molar-refractivity contribution >= 4 is 0 Å². The van der Waals surface area contributed by atoms with Gasteiger partial charge < -0.3 is 10.5 Å². The average Bonchev–Trinajstić information content (AvgIpc) is 2.39. The lowest BCUT2D eigenvalue weighted by Gasteiger charge is -2.31. The Bertz CT molecular complexity index is 517. The third-order valence-electron chi connectivity index (χ3n) is 3.90. The molecule has 0 amide bonds. The van der Waals surface area contributed by atoms with E-state index in [4.69, 9.17) is 10.5 Å². The van der Waals surface area contributed by atoms with E-state index in [9.17, 15) is 0 Å². The lowest BCUT2D eigenvalue weighted by atomic mass is 9.78. The number of nitrogens with two attached hydrogens (primary N) is 1. The van der Waals surface area contributed by atoms with Crippen LogP contribution in [-0.2, 0) is 0 Å². The zero-order valence-corrected chi connectivity index (χ0v) is 11.0. The van der Waals surface area contributed by atoms with Crippen molar-refractivity contribution in [1.82, 2.24) is 0 Å². The first-order chi connectivity index (χ1) is 9.33. The van der Waals surface area contributed by atoms with Gasteiger partial charge in [-0.05, 0) is 48.6 Å². The normalized spacial score (nSPS) is 16.7. The fourth-order valence-electron chi connectivity index (χ4n) is 2.45. The summed E-state index contributed by atoms with van der Waals surface area (Å²) in [6.45, 7) is 0. The predicted molar refractivity (Wildman–Crippen MR) is 77.2 cm³/mol. The molecule has 1 aliphatic rings. The van der Waals surface area contributed by atoms with Crippen molar-refractivity contribution in [2.75, 3.05) is 0 Å². The highest BCUT2D eigenvalue weighted by Gasteiger charge is 2.25. The third kappa shape index (κ3) is 2.79. The summed E-state index contributed by atoms with van der Waals surface area (Å²) < 4.78 is 5.77. The molecule has 0 spiro atoms. The zero-order chi connectivity index (χ0) is 13.1. The van der Waals surface area contributed by atoms with E-state index in [-0.39, 0.29) is 6.04 Å². The predicted octanol–water partition coefficient (Wildman–Crippen LogP) is 4.28. The number of para-hydroxylation sites is 1. The average molecular weight is 253 g/mol. The van der Waals surface area contributed by atoms with Crippen molar-refractivity contribution in [2.45, 2.75) is 25.3 Å². The first-order valence-electron chi connectivity index (χ1n) is 6.91. The molecule has 19 heavy (non-hydrogen) atoms. The molecule has 0 bridgehead atoms. The van der Waals surface area contributed by atoms with Crippen LogP contribution in [0.3, 0.4) is 0 Å². The van der Waals surface area contributed by atoms with Crippen molar-refractivity contribution in [1.29, 1.82) is 0 Å². The van der Waals surface area contributed by atoms with Gasteiger partial charge in [0.15, 0.2) is 0 Å². The SMILES string of the molecule is NC(c1ccc(Oc2ccccc2)cc1)C1CCC1. The fraction of sp³-hybridized carbons (Fsp3) is 0.294. The van der Waals surface area contributed by atoms with E-state index in [0.717, 1.165) is 11.5 Å². The maximum absolute atomic E-state index is 6.26. The second-order valence-corrected chi connectivity index (χ2v) is 5.20. The lowest BCUT2D eigenvalue weighted by molar-refractivity contribution is 0.264. The molecule has 1 aliphatic carbocycles. The Morgan fingerprint density at radius 2 is 1.53 bits per heavy atom. The standard InChI is InChI=1S/C17H19NO/c18-17(13-5-4-6-13)14-9-11-16(12-10-14)19-15-7-2-1-3-8-15/h1-3,7-13,17H,4-6,18H2. The van der Waals surface area contributed by atoms with Crippen LogP contribution in [0.25, 0.3) is 0 Å². The molecule has 1 fully saturated rings. The maximum Gasteiger partial charge on any atom is 0.127 e. The van der Waals surface area contributed by atoms with Crippen molar-refractivity contribution in [3.63, 3.8) is 0 Å². The lowest BCUT2D eigenvalue weighted by Crippen LogP contribution is -2.26. The summed E-state index contributed by atoms with van der Waals surface area (Å²) in [7, 11) is 0. The number of benzene rings is 2. The molecule has 2 aromatic rings. The van der Waals surface area contributed by atoms with Gasteiger partial charge in [-0.1, -0.05) is 36.8 Å². The summed E-state index contributed by atoms with van der Waals surface area (Å²) in [5.41, 5.74) is 7.48. The van der Waals surface area contributed by atoms with Gasteiger partial charge in [0.2, 0.25) is 0 Å².